The summed E-state index contributed by atoms with van der Waals surface area (Å²) < 4.78 is 62.6. The Morgan fingerprint density at radius 3 is 1.22 bits per heavy atom. The van der Waals surface area contributed by atoms with E-state index < -0.39 is 111 Å². The van der Waals surface area contributed by atoms with Gasteiger partial charge in [0.05, 0.1) is 134 Å². The van der Waals surface area contributed by atoms with Crippen LogP contribution in [0.25, 0.3) is 0 Å². The first-order valence-electron chi connectivity index (χ1n) is 46.4. The Labute approximate surface area is 817 Å². The fourth-order valence-electron chi connectivity index (χ4n) is 12.9. The summed E-state index contributed by atoms with van der Waals surface area (Å²) in [6, 6.07) is 2.22. The number of hydrogen-bond acceptors (Lipinski definition) is 49. The summed E-state index contributed by atoms with van der Waals surface area (Å²) in [6.07, 6.45) is 4.91. The van der Waals surface area contributed by atoms with Gasteiger partial charge in [0, 0.05) is 102 Å². The van der Waals surface area contributed by atoms with Gasteiger partial charge in [0.25, 0.3) is 22.2 Å². The molecule has 11 aliphatic rings. The van der Waals surface area contributed by atoms with Crippen molar-refractivity contribution in [2.75, 3.05) is 279 Å². The monoisotopic (exact) mass is 2030 g/mol. The van der Waals surface area contributed by atoms with Crippen LogP contribution in [0.4, 0.5) is 0 Å². The van der Waals surface area contributed by atoms with E-state index in [4.69, 9.17) is 118 Å². The van der Waals surface area contributed by atoms with Crippen LogP contribution in [0, 0.1) is 66.6 Å². The number of likely N-dealkylation sites (tertiary alicyclic amines) is 1. The molecular formula is C84H176N18O37. The molecule has 6 atom stereocenters. The lowest BCUT2D eigenvalue weighted by Gasteiger charge is -2.26. The molecule has 0 bridgehead atoms. The molecule has 139 heavy (non-hydrogen) atoms. The highest BCUT2D eigenvalue weighted by Crippen LogP contribution is 2.33. The molecule has 12 heterocycles. The van der Waals surface area contributed by atoms with Crippen LogP contribution in [0.15, 0.2) is 22.8 Å². The van der Waals surface area contributed by atoms with Gasteiger partial charge in [-0.3, -0.25) is 80.7 Å². The van der Waals surface area contributed by atoms with E-state index >= 15 is 0 Å². The summed E-state index contributed by atoms with van der Waals surface area (Å²) in [7, 11) is 3.47. The van der Waals surface area contributed by atoms with Crippen LogP contribution in [0.2, 0.25) is 0 Å². The molecule has 55 nitrogen and oxygen atoms in total. The predicted octanol–water partition coefficient (Wildman–Crippen LogP) is -0.172. The van der Waals surface area contributed by atoms with E-state index in [0.29, 0.717) is 105 Å². The summed E-state index contributed by atoms with van der Waals surface area (Å²) in [5.74, 6) is 0.849. The van der Waals surface area contributed by atoms with Crippen molar-refractivity contribution in [3.05, 3.63) is 84.8 Å². The number of nitro groups is 6. The second-order valence-corrected chi connectivity index (χ2v) is 37.6. The fourth-order valence-corrected chi connectivity index (χ4v) is 12.9. The van der Waals surface area contributed by atoms with Crippen molar-refractivity contribution in [2.45, 2.75) is 237 Å². The molecule has 824 valence electrons. The first kappa shape index (κ1) is 137. The quantitative estimate of drug-likeness (QED) is 0.0242. The predicted molar refractivity (Wildman–Crippen MR) is 505 cm³/mol. The number of ether oxygens (including phenoxy) is 11. The molecule has 0 amide bonds. The van der Waals surface area contributed by atoms with Crippen molar-refractivity contribution in [1.29, 1.82) is 0 Å². The topological polar surface area (TPSA) is 711 Å². The zero-order valence-electron chi connectivity index (χ0n) is 86.1. The molecule has 0 saturated carbocycles. The zero-order valence-corrected chi connectivity index (χ0v) is 86.1. The van der Waals surface area contributed by atoms with E-state index in [9.17, 15) is 65.8 Å². The minimum atomic E-state index is -1.99. The van der Waals surface area contributed by atoms with Crippen molar-refractivity contribution in [1.82, 2.24) is 61.0 Å². The zero-order chi connectivity index (χ0) is 107. The number of aliphatic hydroxyl groups excluding tert-OH is 10. The van der Waals surface area contributed by atoms with Gasteiger partial charge in [-0.15, -0.1) is 0 Å². The van der Waals surface area contributed by atoms with Gasteiger partial charge >= 0.3 is 0 Å². The molecule has 0 aliphatic carbocycles. The molecule has 1 aromatic heterocycles. The number of nitrogens with one attached hydrogen (secondary N) is 4. The van der Waals surface area contributed by atoms with Gasteiger partial charge in [-0.05, 0) is 125 Å². The second-order valence-electron chi connectivity index (χ2n) is 37.6. The lowest BCUT2D eigenvalue weighted by atomic mass is 9.99. The number of aliphatic hydroxyl groups is 10. The van der Waals surface area contributed by atoms with Crippen LogP contribution < -0.4 is 21.8 Å². The maximum absolute atomic E-state index is 10.7. The van der Waals surface area contributed by atoms with Crippen molar-refractivity contribution < 1.29 is 153 Å². The summed E-state index contributed by atoms with van der Waals surface area (Å²) >= 11 is 0. The van der Waals surface area contributed by atoms with Gasteiger partial charge in [0.1, 0.15) is 119 Å². The molecule has 12 rings (SSSR count). The van der Waals surface area contributed by atoms with Gasteiger partial charge in [-0.2, -0.15) is 0 Å². The van der Waals surface area contributed by atoms with Crippen LogP contribution >= 0.6 is 0 Å². The number of nitrogens with zero attached hydrogens (tertiary/aromatic N) is 14. The van der Waals surface area contributed by atoms with Crippen LogP contribution in [-0.2, 0) is 52.1 Å². The average molecular weight is 2030 g/mol. The number of hydrogen-bond donors (Lipinski definition) is 17. The van der Waals surface area contributed by atoms with Crippen LogP contribution in [-0.4, -0.2) is 488 Å². The Morgan fingerprint density at radius 2 is 0.971 bits per heavy atom. The number of hydroxylamine groups is 3. The third-order valence-corrected chi connectivity index (χ3v) is 23.1. The standard InChI is InChI=1S/C8H16N2O3.C8H18N2O3.C8H17NO.C7H13NO4.C7H9NO4.C7H13NO2.C6H14N2O3.C6H11NO3.C6H11NO2.C5H11NO.C4H9NO5.C4H9NO3.2C3H9NO.C2H7NO/c1-8(7-11,10(12)13)6-9-4-2-3-5-9;1-4-9(5-2)6-8(3,7-11)10(12)13;1-4-9-5-6-10-8(9)7(2)3;9-6-12-3-7-1-10-4-8(7)5-11-2-7;1-5(8(10)11)7(9)6-3-2-4-12-6;1-2-7-3-9-5-8(7)6-10-4-7;1-6(5-9,8(10)11)4-7(2)3;8-1-6-2-9-4-7(6)5-10-3-6;1-6-2-8-4-7(6)5-9-3-6;1-5(2)3-7-4-6-5;6-1-4(2-7,3-8)5(9)10;1-4(2,3-6)5(7)8;1-3(2)4-5;1-2-3-4-5;1-2-3-4/h11H,2-7H2,1H3;11H,4-7H2,1-3H3;7-8H,4-6H2,1-3H3;9H,1-6H2;2-5,7,9H,1H3;2-6H2,1H3;9H,4-5H2,1-3H3;8H,1-5H2;2-5H2,1H3;6H,3-4H2,1-2H3;6-8H,1-3H2;6H,3H2,1-2H3;3-5H,1-2H3;4-5H,2-3H2,1H3;3-4H,2H2,1H3. The molecule has 0 aromatic carbocycles. The third-order valence-electron chi connectivity index (χ3n) is 23.1. The average Bonchev–Trinajstić information content (AvgIpc) is 1.68. The minimum Gasteiger partial charge on any atom is -0.466 e. The number of furan rings is 1. The molecule has 11 aliphatic heterocycles. The Bertz CT molecular complexity index is 3220. The number of fused-ring (bicyclic) bond motifs is 4. The second kappa shape index (κ2) is 72.5. The summed E-state index contributed by atoms with van der Waals surface area (Å²) in [4.78, 5) is 75.3. The van der Waals surface area contributed by atoms with Gasteiger partial charge in [0.15, 0.2) is 6.10 Å². The molecule has 0 radical (unpaired) electrons. The van der Waals surface area contributed by atoms with E-state index in [-0.39, 0.29) is 64.4 Å². The third kappa shape index (κ3) is 50.3. The van der Waals surface area contributed by atoms with Crippen molar-refractivity contribution >= 4 is 0 Å². The summed E-state index contributed by atoms with van der Waals surface area (Å²) in [6.45, 7) is 52.7. The first-order valence-corrected chi connectivity index (χ1v) is 46.4. The molecule has 17 N–H and O–H groups in total. The highest BCUT2D eigenvalue weighted by molar-refractivity contribution is 5.03. The van der Waals surface area contributed by atoms with E-state index in [1.165, 1.54) is 53.9 Å². The lowest BCUT2D eigenvalue weighted by Crippen LogP contribution is -2.49. The summed E-state index contributed by atoms with van der Waals surface area (Å²) in [5, 5.41) is 175. The van der Waals surface area contributed by atoms with E-state index in [1.807, 2.05) is 72.7 Å². The van der Waals surface area contributed by atoms with Crippen molar-refractivity contribution in [3.8, 4) is 0 Å². The van der Waals surface area contributed by atoms with Crippen LogP contribution in [0.3, 0.4) is 0 Å². The maximum atomic E-state index is 10.7. The van der Waals surface area contributed by atoms with Crippen molar-refractivity contribution in [2.24, 2.45) is 5.92 Å². The molecule has 0 spiro atoms. The Hall–Kier alpha value is -5.76. The van der Waals surface area contributed by atoms with E-state index in [2.05, 4.69) is 73.4 Å². The van der Waals surface area contributed by atoms with Gasteiger partial charge in [-0.1, -0.05) is 55.4 Å². The molecule has 11 saturated heterocycles. The minimum absolute atomic E-state index is 0.132. The van der Waals surface area contributed by atoms with Crippen LogP contribution in [0.5, 0.6) is 0 Å². The molecular weight excluding hydrogens is 1850 g/mol. The van der Waals surface area contributed by atoms with Crippen LogP contribution in [0.1, 0.15) is 169 Å². The van der Waals surface area contributed by atoms with Crippen molar-refractivity contribution in [3.63, 3.8) is 0 Å². The molecule has 1 aromatic rings. The molecule has 11 fully saturated rings. The van der Waals surface area contributed by atoms with E-state index in [0.717, 1.165) is 132 Å². The first-order chi connectivity index (χ1) is 65.2. The van der Waals surface area contributed by atoms with Gasteiger partial charge in [0.2, 0.25) is 11.6 Å². The highest BCUT2D eigenvalue weighted by Gasteiger charge is 2.50. The smallest absolute Gasteiger partial charge is 0.289 e. The summed E-state index contributed by atoms with van der Waals surface area (Å²) in [5.41, 5.74) is -0.536. The SMILES string of the molecule is CC(C(O)c1ccco1)[N+](=O)[O-].CC(C)(CO)[N+](=O)[O-].CC(C)NO.CC(CO)(CN1CCCC1)[N+](=O)[O-].CC1(C)COCN1.CC12COCN1COC2.CCC12COCN1COC2.CCCNO.CCN(CC)CC(C)(CO)[N+](=O)[O-].CCN1CCOC1C(C)C.CCNO.CN(C)CC(C)(CO)[N+](=O)[O-].O=[N+]([O-])C(CO)(CO)CO.OCC12COCN1COC2.OCOCC12COCN1COC2. The van der Waals surface area contributed by atoms with Gasteiger partial charge in [-0.25, -0.2) is 36.0 Å². The maximum Gasteiger partial charge on any atom is 0.289 e. The van der Waals surface area contributed by atoms with Gasteiger partial charge < -0.3 is 128 Å². The normalized spacial score (nSPS) is 21.0. The number of rotatable bonds is 34. The van der Waals surface area contributed by atoms with E-state index in [1.54, 1.807) is 25.1 Å². The fraction of sp³-hybridized carbons (Fsp3) is 0.952. The Balaban J connectivity index is -0.00000144. The molecule has 55 heteroatoms. The molecule has 6 unspecified atom stereocenters. The Kier molecular flexibility index (Phi) is 71.7. The highest BCUT2D eigenvalue weighted by atomic mass is 16.7. The lowest BCUT2D eigenvalue weighted by molar-refractivity contribution is -0.580. The Morgan fingerprint density at radius 1 is 0.547 bits per heavy atom. The largest absolute Gasteiger partial charge is 0.466 e. The number of likely N-dealkylation sites (N-methyl/N-ethyl adjacent to an activating group) is 3.